The van der Waals surface area contributed by atoms with Crippen molar-refractivity contribution in [2.45, 2.75) is 26.4 Å². The van der Waals surface area contributed by atoms with Crippen LogP contribution in [0.3, 0.4) is 0 Å². The Morgan fingerprint density at radius 2 is 1.83 bits per heavy atom. The fourth-order valence-electron chi connectivity index (χ4n) is 1.50. The smallest absolute Gasteiger partial charge is 0.224 e. The summed E-state index contributed by atoms with van der Waals surface area (Å²) in [6.07, 6.45) is 0. The molecule has 0 saturated heterocycles. The SMILES string of the molecule is CC(N)C(C)C(=O)NCc1ccc(N(C)C)cc1. The molecule has 0 fully saturated rings. The van der Waals surface area contributed by atoms with E-state index in [-0.39, 0.29) is 17.9 Å². The van der Waals surface area contributed by atoms with Crippen molar-refractivity contribution >= 4 is 11.6 Å². The van der Waals surface area contributed by atoms with Gasteiger partial charge in [0, 0.05) is 38.3 Å². The van der Waals surface area contributed by atoms with Crippen LogP contribution < -0.4 is 16.0 Å². The monoisotopic (exact) mass is 249 g/mol. The molecule has 0 spiro atoms. The van der Waals surface area contributed by atoms with Crippen molar-refractivity contribution < 1.29 is 4.79 Å². The Hall–Kier alpha value is -1.55. The molecule has 1 aromatic rings. The Balaban J connectivity index is 2.51. The Bertz CT molecular complexity index is 385. The van der Waals surface area contributed by atoms with Crippen LogP contribution in [0.5, 0.6) is 0 Å². The highest BCUT2D eigenvalue weighted by Gasteiger charge is 2.16. The van der Waals surface area contributed by atoms with Crippen molar-refractivity contribution in [3.8, 4) is 0 Å². The lowest BCUT2D eigenvalue weighted by molar-refractivity contribution is -0.125. The minimum absolute atomic E-state index is 0.00156. The Labute approximate surface area is 109 Å². The first-order valence-corrected chi connectivity index (χ1v) is 6.21. The van der Waals surface area contributed by atoms with Crippen molar-refractivity contribution in [3.63, 3.8) is 0 Å². The zero-order chi connectivity index (χ0) is 13.7. The van der Waals surface area contributed by atoms with Crippen molar-refractivity contribution in [2.75, 3.05) is 19.0 Å². The zero-order valence-electron chi connectivity index (χ0n) is 11.6. The quantitative estimate of drug-likeness (QED) is 0.828. The van der Waals surface area contributed by atoms with Gasteiger partial charge in [0.1, 0.15) is 0 Å². The number of hydrogen-bond donors (Lipinski definition) is 2. The maximum absolute atomic E-state index is 11.7. The van der Waals surface area contributed by atoms with E-state index in [0.29, 0.717) is 6.54 Å². The van der Waals surface area contributed by atoms with Gasteiger partial charge in [-0.15, -0.1) is 0 Å². The summed E-state index contributed by atoms with van der Waals surface area (Å²) < 4.78 is 0. The van der Waals surface area contributed by atoms with Gasteiger partial charge in [0.25, 0.3) is 0 Å². The van der Waals surface area contributed by atoms with Crippen LogP contribution in [-0.4, -0.2) is 26.0 Å². The van der Waals surface area contributed by atoms with E-state index in [0.717, 1.165) is 11.3 Å². The second-order valence-corrected chi connectivity index (χ2v) is 4.93. The van der Waals surface area contributed by atoms with Crippen molar-refractivity contribution in [2.24, 2.45) is 11.7 Å². The predicted molar refractivity (Wildman–Crippen MR) is 75.4 cm³/mol. The topological polar surface area (TPSA) is 58.4 Å². The van der Waals surface area contributed by atoms with Crippen LogP contribution in [0.15, 0.2) is 24.3 Å². The Kier molecular flexibility index (Phi) is 5.16. The molecule has 1 aromatic carbocycles. The average Bonchev–Trinajstić information content (AvgIpc) is 2.35. The van der Waals surface area contributed by atoms with Crippen LogP contribution in [0.4, 0.5) is 5.69 Å². The second kappa shape index (κ2) is 6.40. The Morgan fingerprint density at radius 3 is 2.28 bits per heavy atom. The van der Waals surface area contributed by atoms with E-state index in [9.17, 15) is 4.79 Å². The van der Waals surface area contributed by atoms with Crippen molar-refractivity contribution in [1.82, 2.24) is 5.32 Å². The van der Waals surface area contributed by atoms with Crippen LogP contribution in [-0.2, 0) is 11.3 Å². The minimum Gasteiger partial charge on any atom is -0.378 e. The number of hydrogen-bond acceptors (Lipinski definition) is 3. The number of amides is 1. The van der Waals surface area contributed by atoms with Gasteiger partial charge in [-0.3, -0.25) is 4.79 Å². The van der Waals surface area contributed by atoms with E-state index >= 15 is 0 Å². The maximum atomic E-state index is 11.7. The molecule has 0 heterocycles. The molecule has 4 nitrogen and oxygen atoms in total. The molecule has 18 heavy (non-hydrogen) atoms. The second-order valence-electron chi connectivity index (χ2n) is 4.93. The van der Waals surface area contributed by atoms with Crippen LogP contribution in [0.2, 0.25) is 0 Å². The molecule has 1 rings (SSSR count). The van der Waals surface area contributed by atoms with E-state index in [2.05, 4.69) is 5.32 Å². The number of nitrogens with one attached hydrogen (secondary N) is 1. The standard InChI is InChI=1S/C14H23N3O/c1-10(11(2)15)14(18)16-9-12-5-7-13(8-6-12)17(3)4/h5-8,10-11H,9,15H2,1-4H3,(H,16,18). The van der Waals surface area contributed by atoms with Gasteiger partial charge in [0.2, 0.25) is 5.91 Å². The number of nitrogens with two attached hydrogens (primary N) is 1. The summed E-state index contributed by atoms with van der Waals surface area (Å²) in [5.74, 6) is -0.160. The lowest BCUT2D eigenvalue weighted by Crippen LogP contribution is -2.38. The average molecular weight is 249 g/mol. The first kappa shape index (κ1) is 14.5. The summed E-state index contributed by atoms with van der Waals surface area (Å²) >= 11 is 0. The number of rotatable bonds is 5. The molecule has 0 bridgehead atoms. The third kappa shape index (κ3) is 4.04. The van der Waals surface area contributed by atoms with Gasteiger partial charge in [0.05, 0.1) is 0 Å². The molecule has 1 amide bonds. The molecule has 0 saturated carbocycles. The number of carbonyl (C=O) groups excluding carboxylic acids is 1. The molecule has 0 aliphatic carbocycles. The summed E-state index contributed by atoms with van der Waals surface area (Å²) in [6.45, 7) is 4.23. The van der Waals surface area contributed by atoms with E-state index in [4.69, 9.17) is 5.73 Å². The summed E-state index contributed by atoms with van der Waals surface area (Å²) in [5.41, 5.74) is 7.93. The molecule has 2 unspecified atom stereocenters. The lowest BCUT2D eigenvalue weighted by atomic mass is 10.0. The molecule has 0 aromatic heterocycles. The van der Waals surface area contributed by atoms with Gasteiger partial charge in [-0.1, -0.05) is 19.1 Å². The summed E-state index contributed by atoms with van der Waals surface area (Å²) in [4.78, 5) is 13.8. The summed E-state index contributed by atoms with van der Waals surface area (Å²) in [5, 5.41) is 2.90. The molecule has 4 heteroatoms. The summed E-state index contributed by atoms with van der Waals surface area (Å²) in [7, 11) is 4.00. The van der Waals surface area contributed by atoms with Crippen LogP contribution in [0, 0.1) is 5.92 Å². The fraction of sp³-hybridized carbons (Fsp3) is 0.500. The van der Waals surface area contributed by atoms with Crippen LogP contribution in [0.1, 0.15) is 19.4 Å². The number of carbonyl (C=O) groups is 1. The summed E-state index contributed by atoms with van der Waals surface area (Å²) in [6, 6.07) is 7.99. The van der Waals surface area contributed by atoms with Crippen LogP contribution >= 0.6 is 0 Å². The van der Waals surface area contributed by atoms with Gasteiger partial charge >= 0.3 is 0 Å². The maximum Gasteiger partial charge on any atom is 0.224 e. The van der Waals surface area contributed by atoms with Gasteiger partial charge in [-0.25, -0.2) is 0 Å². The highest BCUT2D eigenvalue weighted by atomic mass is 16.1. The lowest BCUT2D eigenvalue weighted by Gasteiger charge is -2.16. The van der Waals surface area contributed by atoms with E-state index < -0.39 is 0 Å². The zero-order valence-corrected chi connectivity index (χ0v) is 11.6. The first-order valence-electron chi connectivity index (χ1n) is 6.21. The molecule has 100 valence electrons. The van der Waals surface area contributed by atoms with Gasteiger partial charge < -0.3 is 16.0 Å². The fourth-order valence-corrected chi connectivity index (χ4v) is 1.50. The van der Waals surface area contributed by atoms with Gasteiger partial charge in [0.15, 0.2) is 0 Å². The van der Waals surface area contributed by atoms with E-state index in [1.165, 1.54) is 0 Å². The molecular weight excluding hydrogens is 226 g/mol. The molecule has 0 aliphatic heterocycles. The predicted octanol–water partition coefficient (Wildman–Crippen LogP) is 1.35. The molecule has 0 radical (unpaired) electrons. The Morgan fingerprint density at radius 1 is 1.28 bits per heavy atom. The number of anilines is 1. The van der Waals surface area contributed by atoms with E-state index in [1.807, 2.05) is 57.1 Å². The first-order chi connectivity index (χ1) is 8.41. The number of benzene rings is 1. The molecule has 2 atom stereocenters. The largest absolute Gasteiger partial charge is 0.378 e. The molecular formula is C14H23N3O. The van der Waals surface area contributed by atoms with Gasteiger partial charge in [-0.2, -0.15) is 0 Å². The van der Waals surface area contributed by atoms with Crippen molar-refractivity contribution in [1.29, 1.82) is 0 Å². The third-order valence-electron chi connectivity index (χ3n) is 3.12. The van der Waals surface area contributed by atoms with Crippen molar-refractivity contribution in [3.05, 3.63) is 29.8 Å². The molecule has 0 aliphatic rings. The van der Waals surface area contributed by atoms with E-state index in [1.54, 1.807) is 0 Å². The highest BCUT2D eigenvalue weighted by molar-refractivity contribution is 5.78. The highest BCUT2D eigenvalue weighted by Crippen LogP contribution is 2.12. The van der Waals surface area contributed by atoms with Crippen LogP contribution in [0.25, 0.3) is 0 Å². The normalized spacial score (nSPS) is 13.8. The minimum atomic E-state index is -0.161. The number of nitrogens with zero attached hydrogens (tertiary/aromatic N) is 1. The van der Waals surface area contributed by atoms with Gasteiger partial charge in [-0.05, 0) is 24.6 Å². The molecule has 3 N–H and O–H groups in total. The third-order valence-corrected chi connectivity index (χ3v) is 3.12.